The smallest absolute Gasteiger partial charge is 0.306 e. The van der Waals surface area contributed by atoms with E-state index in [0.717, 1.165) is 40.8 Å². The van der Waals surface area contributed by atoms with Crippen LogP contribution in [0.5, 0.6) is 0 Å². The highest BCUT2D eigenvalue weighted by Crippen LogP contribution is 2.34. The molecule has 3 aromatic rings. The van der Waals surface area contributed by atoms with Crippen LogP contribution in [0.3, 0.4) is 0 Å². The normalized spacial score (nSPS) is 18.8. The Hall–Kier alpha value is -3.80. The van der Waals surface area contributed by atoms with Gasteiger partial charge in [0.15, 0.2) is 5.78 Å². The van der Waals surface area contributed by atoms with Crippen LogP contribution in [0.15, 0.2) is 72.0 Å². The fourth-order valence-electron chi connectivity index (χ4n) is 5.41. The number of hydrogen-bond donors (Lipinski definition) is 2. The Kier molecular flexibility index (Phi) is 8.49. The lowest BCUT2D eigenvalue weighted by Crippen LogP contribution is -2.22. The summed E-state index contributed by atoms with van der Waals surface area (Å²) < 4.78 is 0. The van der Waals surface area contributed by atoms with Crippen LogP contribution in [0.4, 0.5) is 0 Å². The number of carboxylic acids is 1. The molecule has 1 atom stereocenters. The van der Waals surface area contributed by atoms with Gasteiger partial charge in [0.2, 0.25) is 0 Å². The molecule has 0 radical (unpaired) electrons. The second-order valence-corrected chi connectivity index (χ2v) is 10.2. The number of benzene rings is 2. The highest BCUT2D eigenvalue weighted by Gasteiger charge is 2.27. The number of aliphatic carboxylic acids is 1. The van der Waals surface area contributed by atoms with Crippen molar-refractivity contribution in [2.45, 2.75) is 58.3 Å². The van der Waals surface area contributed by atoms with Crippen LogP contribution in [0.25, 0.3) is 0 Å². The molecular formula is C31H34N2O4. The van der Waals surface area contributed by atoms with Crippen molar-refractivity contribution >= 4 is 17.5 Å². The zero-order valence-corrected chi connectivity index (χ0v) is 21.4. The summed E-state index contributed by atoms with van der Waals surface area (Å²) in [6.45, 7) is 3.98. The van der Waals surface area contributed by atoms with Crippen LogP contribution in [0.1, 0.15) is 82.7 Å². The summed E-state index contributed by atoms with van der Waals surface area (Å²) in [5.74, 6) is -0.710. The first-order chi connectivity index (χ1) is 17.9. The van der Waals surface area contributed by atoms with Crippen molar-refractivity contribution in [3.63, 3.8) is 0 Å². The average Bonchev–Trinajstić information content (AvgIpc) is 2.90. The number of pyridine rings is 1. The van der Waals surface area contributed by atoms with E-state index in [9.17, 15) is 19.9 Å². The van der Waals surface area contributed by atoms with Crippen LogP contribution in [-0.4, -0.2) is 32.8 Å². The minimum absolute atomic E-state index is 0.0592. The predicted molar refractivity (Wildman–Crippen MR) is 143 cm³/mol. The molecule has 2 aromatic carbocycles. The maximum absolute atomic E-state index is 13.0. The third-order valence-electron chi connectivity index (χ3n) is 7.62. The van der Waals surface area contributed by atoms with Gasteiger partial charge in [0.25, 0.3) is 0 Å². The summed E-state index contributed by atoms with van der Waals surface area (Å²) >= 11 is 0. The van der Waals surface area contributed by atoms with Gasteiger partial charge in [0, 0.05) is 41.8 Å². The Labute approximate surface area is 218 Å². The summed E-state index contributed by atoms with van der Waals surface area (Å²) in [6.07, 6.45) is 5.53. The number of hydrogen-bond acceptors (Lipinski definition) is 5. The highest BCUT2D eigenvalue weighted by molar-refractivity contribution is 6.01. The van der Waals surface area contributed by atoms with Crippen LogP contribution in [-0.2, 0) is 4.79 Å². The van der Waals surface area contributed by atoms with Gasteiger partial charge in [-0.15, -0.1) is 0 Å². The van der Waals surface area contributed by atoms with Crippen LogP contribution in [0.2, 0.25) is 0 Å². The largest absolute Gasteiger partial charge is 0.481 e. The lowest BCUT2D eigenvalue weighted by atomic mass is 9.79. The van der Waals surface area contributed by atoms with E-state index in [-0.39, 0.29) is 23.5 Å². The molecule has 0 aliphatic heterocycles. The third-order valence-corrected chi connectivity index (χ3v) is 7.62. The number of nitrogens with zero attached hydrogens (tertiary/aromatic N) is 2. The number of carbonyl (C=O) groups is 2. The summed E-state index contributed by atoms with van der Waals surface area (Å²) in [7, 11) is 0. The van der Waals surface area contributed by atoms with Gasteiger partial charge < -0.3 is 10.3 Å². The van der Waals surface area contributed by atoms with E-state index in [1.807, 2.05) is 55.5 Å². The lowest BCUT2D eigenvalue weighted by molar-refractivity contribution is -0.143. The molecule has 37 heavy (non-hydrogen) atoms. The van der Waals surface area contributed by atoms with Crippen LogP contribution in [0, 0.1) is 25.7 Å². The SMILES string of the molecule is Cc1cc(/C(C[C@H](c2ccc(C(=O)CC3CCC(C(=O)O)CC3)cc2)c2ccccc2C)=N/O)ccn1. The monoisotopic (exact) mass is 498 g/mol. The van der Waals surface area contributed by atoms with E-state index in [4.69, 9.17) is 0 Å². The number of carboxylic acid groups (broad SMARTS) is 1. The molecule has 1 aliphatic rings. The van der Waals surface area contributed by atoms with Crippen LogP contribution >= 0.6 is 0 Å². The molecule has 2 N–H and O–H groups in total. The van der Waals surface area contributed by atoms with E-state index in [1.54, 1.807) is 6.20 Å². The fraction of sp³-hybridized carbons (Fsp3) is 0.355. The second-order valence-electron chi connectivity index (χ2n) is 10.2. The Morgan fingerprint density at radius 3 is 2.30 bits per heavy atom. The molecule has 6 nitrogen and oxygen atoms in total. The van der Waals surface area contributed by atoms with Gasteiger partial charge in [-0.25, -0.2) is 0 Å². The van der Waals surface area contributed by atoms with Crippen molar-refractivity contribution in [3.05, 3.63) is 100 Å². The van der Waals surface area contributed by atoms with Gasteiger partial charge in [-0.3, -0.25) is 14.6 Å². The molecule has 1 fully saturated rings. The Morgan fingerprint density at radius 1 is 0.973 bits per heavy atom. The Morgan fingerprint density at radius 2 is 1.68 bits per heavy atom. The number of aromatic nitrogens is 1. The molecule has 6 heteroatoms. The van der Waals surface area contributed by atoms with E-state index in [1.165, 1.54) is 0 Å². The zero-order valence-electron chi connectivity index (χ0n) is 21.4. The topological polar surface area (TPSA) is 99.9 Å². The van der Waals surface area contributed by atoms with Gasteiger partial charge in [0.1, 0.15) is 0 Å². The molecular weight excluding hydrogens is 464 g/mol. The molecule has 4 rings (SSSR count). The van der Waals surface area contributed by atoms with Crippen molar-refractivity contribution in [2.75, 3.05) is 0 Å². The molecule has 1 saturated carbocycles. The summed E-state index contributed by atoms with van der Waals surface area (Å²) in [5, 5.41) is 22.7. The number of rotatable bonds is 9. The first-order valence-corrected chi connectivity index (χ1v) is 12.9. The Balaban J connectivity index is 1.54. The number of Topliss-reactive ketones (excluding diaryl/α,β-unsaturated/α-hetero) is 1. The molecule has 1 aromatic heterocycles. The maximum atomic E-state index is 13.0. The van der Waals surface area contributed by atoms with E-state index in [0.29, 0.717) is 37.0 Å². The molecule has 0 saturated heterocycles. The van der Waals surface area contributed by atoms with E-state index in [2.05, 4.69) is 29.2 Å². The molecule has 1 heterocycles. The molecule has 1 aliphatic carbocycles. The van der Waals surface area contributed by atoms with Gasteiger partial charge >= 0.3 is 5.97 Å². The third kappa shape index (κ3) is 6.50. The zero-order chi connectivity index (χ0) is 26.4. The minimum atomic E-state index is -0.725. The molecule has 0 amide bonds. The van der Waals surface area contributed by atoms with Crippen molar-refractivity contribution in [1.29, 1.82) is 0 Å². The predicted octanol–water partition coefficient (Wildman–Crippen LogP) is 6.56. The summed E-state index contributed by atoms with van der Waals surface area (Å²) in [4.78, 5) is 28.5. The van der Waals surface area contributed by atoms with Crippen molar-refractivity contribution in [2.24, 2.45) is 17.0 Å². The Bertz CT molecular complexity index is 1270. The summed E-state index contributed by atoms with van der Waals surface area (Å²) in [6, 6.07) is 19.7. The lowest BCUT2D eigenvalue weighted by Gasteiger charge is -2.25. The van der Waals surface area contributed by atoms with E-state index >= 15 is 0 Å². The van der Waals surface area contributed by atoms with Crippen molar-refractivity contribution in [1.82, 2.24) is 4.98 Å². The quantitative estimate of drug-likeness (QED) is 0.151. The number of carbonyl (C=O) groups excluding carboxylic acids is 1. The molecule has 0 bridgehead atoms. The second kappa shape index (κ2) is 12.0. The maximum Gasteiger partial charge on any atom is 0.306 e. The van der Waals surface area contributed by atoms with Gasteiger partial charge in [0.05, 0.1) is 11.6 Å². The van der Waals surface area contributed by atoms with E-state index < -0.39 is 5.97 Å². The number of ketones is 1. The fourth-order valence-corrected chi connectivity index (χ4v) is 5.41. The first-order valence-electron chi connectivity index (χ1n) is 12.9. The number of oxime groups is 1. The average molecular weight is 499 g/mol. The molecule has 192 valence electrons. The minimum Gasteiger partial charge on any atom is -0.481 e. The standard InChI is InChI=1S/C31H34N2O4/c1-20-5-3-4-6-27(20)28(19-29(33-37)26-15-16-32-21(2)17-26)23-11-13-24(14-12-23)30(34)18-22-7-9-25(10-8-22)31(35)36/h3-6,11-17,22,25,28,37H,7-10,18-19H2,1-2H3,(H,35,36)/b33-29+/t22?,25?,28-/m1/s1. The van der Waals surface area contributed by atoms with Crippen molar-refractivity contribution in [3.8, 4) is 0 Å². The van der Waals surface area contributed by atoms with Gasteiger partial charge in [-0.1, -0.05) is 53.7 Å². The summed E-state index contributed by atoms with van der Waals surface area (Å²) in [5.41, 5.74) is 6.27. The first kappa shape index (κ1) is 26.3. The molecule has 0 unspecified atom stereocenters. The van der Waals surface area contributed by atoms with Gasteiger partial charge in [-0.05, 0) is 74.3 Å². The molecule has 0 spiro atoms. The highest BCUT2D eigenvalue weighted by atomic mass is 16.4. The number of aryl methyl sites for hydroxylation is 2. The van der Waals surface area contributed by atoms with Crippen molar-refractivity contribution < 1.29 is 19.9 Å². The van der Waals surface area contributed by atoms with Crippen LogP contribution < -0.4 is 0 Å². The van der Waals surface area contributed by atoms with Gasteiger partial charge in [-0.2, -0.15) is 0 Å².